The van der Waals surface area contributed by atoms with E-state index in [9.17, 15) is 4.79 Å². The van der Waals surface area contributed by atoms with Gasteiger partial charge < -0.3 is 26.0 Å². The molecule has 2 fully saturated rings. The van der Waals surface area contributed by atoms with Gasteiger partial charge in [0.2, 0.25) is 5.91 Å². The Hall–Kier alpha value is -3.98. The third kappa shape index (κ3) is 5.89. The predicted molar refractivity (Wildman–Crippen MR) is 144 cm³/mol. The molecule has 9 nitrogen and oxygen atoms in total. The van der Waals surface area contributed by atoms with Crippen LogP contribution in [0.5, 0.6) is 11.5 Å². The lowest BCUT2D eigenvalue weighted by molar-refractivity contribution is -0.137. The van der Waals surface area contributed by atoms with Gasteiger partial charge in [0.25, 0.3) is 0 Å². The number of nitrogen functional groups attached to an aromatic ring is 1. The molecule has 2 aromatic carbocycles. The molecule has 192 valence electrons. The topological polar surface area (TPSA) is 129 Å². The minimum absolute atomic E-state index is 0.0295. The van der Waals surface area contributed by atoms with Gasteiger partial charge in [0.05, 0.1) is 11.3 Å². The van der Waals surface area contributed by atoms with Crippen molar-refractivity contribution in [3.05, 3.63) is 72.1 Å². The molecule has 2 saturated heterocycles. The Bertz CT molecular complexity index is 1230. The van der Waals surface area contributed by atoms with E-state index in [-0.39, 0.29) is 29.4 Å². The van der Waals surface area contributed by atoms with Crippen LogP contribution in [0, 0.1) is 11.3 Å². The quantitative estimate of drug-likeness (QED) is 0.365. The van der Waals surface area contributed by atoms with Crippen LogP contribution in [-0.2, 0) is 4.79 Å². The fraction of sp³-hybridized carbons (Fsp3) is 0.357. The van der Waals surface area contributed by atoms with Gasteiger partial charge in [-0.1, -0.05) is 18.2 Å². The lowest BCUT2D eigenvalue weighted by atomic mass is 9.94. The number of nitrogens with one attached hydrogen (secondary N) is 3. The van der Waals surface area contributed by atoms with Crippen molar-refractivity contribution in [1.29, 1.82) is 5.41 Å². The molecule has 0 aliphatic carbocycles. The smallest absolute Gasteiger partial charge is 0.225 e. The molecule has 5 rings (SSSR count). The van der Waals surface area contributed by atoms with Crippen molar-refractivity contribution in [3.63, 3.8) is 0 Å². The third-order valence-electron chi connectivity index (χ3n) is 7.01. The summed E-state index contributed by atoms with van der Waals surface area (Å²) < 4.78 is 5.87. The summed E-state index contributed by atoms with van der Waals surface area (Å²) >= 11 is 0. The normalized spacial score (nSPS) is 18.3. The summed E-state index contributed by atoms with van der Waals surface area (Å²) in [5, 5.41) is 15.7. The van der Waals surface area contributed by atoms with Crippen molar-refractivity contribution >= 4 is 23.3 Å². The minimum atomic E-state index is 0.0295. The molecule has 2 aliphatic rings. The predicted octanol–water partition coefficient (Wildman–Crippen LogP) is 3.67. The molecular weight excluding hydrogens is 466 g/mol. The van der Waals surface area contributed by atoms with Crippen LogP contribution in [-0.4, -0.2) is 58.7 Å². The van der Waals surface area contributed by atoms with Crippen LogP contribution in [0.4, 0.5) is 11.6 Å². The van der Waals surface area contributed by atoms with E-state index >= 15 is 0 Å². The third-order valence-corrected chi connectivity index (χ3v) is 7.01. The maximum atomic E-state index is 13.1. The van der Waals surface area contributed by atoms with Crippen molar-refractivity contribution in [1.82, 2.24) is 20.2 Å². The molecule has 0 bridgehead atoms. The average Bonchev–Trinajstić information content (AvgIpc) is 2.94. The Morgan fingerprint density at radius 3 is 2.51 bits per heavy atom. The number of piperidine rings is 2. The van der Waals surface area contributed by atoms with E-state index in [4.69, 9.17) is 15.9 Å². The number of rotatable bonds is 7. The summed E-state index contributed by atoms with van der Waals surface area (Å²) in [6.07, 6.45) is 5.04. The second kappa shape index (κ2) is 11.4. The van der Waals surface area contributed by atoms with E-state index < -0.39 is 0 Å². The number of ether oxygens (including phenoxy) is 1. The van der Waals surface area contributed by atoms with Crippen molar-refractivity contribution in [2.24, 2.45) is 5.92 Å². The number of hydrogen-bond donors (Lipinski definition) is 4. The first-order valence-electron chi connectivity index (χ1n) is 12.9. The Morgan fingerprint density at radius 2 is 1.76 bits per heavy atom. The highest BCUT2D eigenvalue weighted by molar-refractivity contribution is 6.16. The molecule has 9 heteroatoms. The molecule has 1 unspecified atom stereocenters. The van der Waals surface area contributed by atoms with E-state index in [1.165, 1.54) is 6.33 Å². The molecule has 1 atom stereocenters. The van der Waals surface area contributed by atoms with Crippen molar-refractivity contribution in [2.45, 2.75) is 31.7 Å². The SMILES string of the molecule is N=C(c1ccc(Oc2ccccc2)cc1)c1c(N)ncnc1NC1CCCN(C(=O)C2CCNCC2)C1. The van der Waals surface area contributed by atoms with Crippen LogP contribution < -0.4 is 21.1 Å². The van der Waals surface area contributed by atoms with Crippen LogP contribution in [0.1, 0.15) is 36.8 Å². The van der Waals surface area contributed by atoms with Crippen LogP contribution in [0.2, 0.25) is 0 Å². The van der Waals surface area contributed by atoms with Gasteiger partial charge >= 0.3 is 0 Å². The number of amides is 1. The monoisotopic (exact) mass is 499 g/mol. The molecule has 5 N–H and O–H groups in total. The van der Waals surface area contributed by atoms with Gasteiger partial charge in [0.1, 0.15) is 29.5 Å². The highest BCUT2D eigenvalue weighted by Gasteiger charge is 2.30. The Kier molecular flexibility index (Phi) is 7.60. The van der Waals surface area contributed by atoms with Gasteiger partial charge in [-0.3, -0.25) is 10.2 Å². The van der Waals surface area contributed by atoms with E-state index in [1.54, 1.807) is 0 Å². The molecule has 0 spiro atoms. The second-order valence-electron chi connectivity index (χ2n) is 9.59. The average molecular weight is 500 g/mol. The zero-order valence-electron chi connectivity index (χ0n) is 20.8. The second-order valence-corrected chi connectivity index (χ2v) is 9.59. The summed E-state index contributed by atoms with van der Waals surface area (Å²) in [6.45, 7) is 3.20. The van der Waals surface area contributed by atoms with Crippen molar-refractivity contribution in [2.75, 3.05) is 37.2 Å². The maximum absolute atomic E-state index is 13.1. The fourth-order valence-corrected chi connectivity index (χ4v) is 5.03. The van der Waals surface area contributed by atoms with Crippen LogP contribution in [0.15, 0.2) is 60.9 Å². The number of nitrogens with two attached hydrogens (primary N) is 1. The first-order valence-corrected chi connectivity index (χ1v) is 12.9. The van der Waals surface area contributed by atoms with Gasteiger partial charge in [0, 0.05) is 30.6 Å². The highest BCUT2D eigenvalue weighted by Crippen LogP contribution is 2.27. The summed E-state index contributed by atoms with van der Waals surface area (Å²) in [7, 11) is 0. The number of hydrogen-bond acceptors (Lipinski definition) is 8. The molecule has 0 saturated carbocycles. The first-order chi connectivity index (χ1) is 18.1. The lowest BCUT2D eigenvalue weighted by Gasteiger charge is -2.36. The van der Waals surface area contributed by atoms with Crippen molar-refractivity contribution < 1.29 is 9.53 Å². The molecule has 0 radical (unpaired) electrons. The summed E-state index contributed by atoms with van der Waals surface area (Å²) in [6, 6.07) is 16.9. The number of carbonyl (C=O) groups is 1. The largest absolute Gasteiger partial charge is 0.457 e. The zero-order chi connectivity index (χ0) is 25.6. The number of nitrogens with zero attached hydrogens (tertiary/aromatic N) is 3. The van der Waals surface area contributed by atoms with Gasteiger partial charge in [-0.25, -0.2) is 9.97 Å². The number of benzene rings is 2. The lowest BCUT2D eigenvalue weighted by Crippen LogP contribution is -2.49. The van der Waals surface area contributed by atoms with E-state index in [0.29, 0.717) is 29.2 Å². The molecular formula is C28H33N7O2. The van der Waals surface area contributed by atoms with Gasteiger partial charge in [-0.2, -0.15) is 0 Å². The Morgan fingerprint density at radius 1 is 1.03 bits per heavy atom. The molecule has 2 aliphatic heterocycles. The highest BCUT2D eigenvalue weighted by atomic mass is 16.5. The summed E-state index contributed by atoms with van der Waals surface area (Å²) in [5.41, 5.74) is 7.61. The molecule has 3 heterocycles. The fourth-order valence-electron chi connectivity index (χ4n) is 5.03. The molecule has 37 heavy (non-hydrogen) atoms. The zero-order valence-corrected chi connectivity index (χ0v) is 20.8. The van der Waals surface area contributed by atoms with Crippen LogP contribution in [0.25, 0.3) is 0 Å². The molecule has 3 aromatic rings. The standard InChI is InChI=1S/C28H33N7O2/c29-25(19-8-10-23(11-9-19)37-22-6-2-1-3-7-22)24-26(30)32-18-33-27(24)34-21-5-4-16-35(17-21)28(36)20-12-14-31-15-13-20/h1-3,6-11,18,20-21,29,31H,4-5,12-17H2,(H3,30,32,33,34). The first kappa shape index (κ1) is 24.7. The number of likely N-dealkylation sites (tertiary alicyclic amines) is 1. The number of para-hydroxylation sites is 1. The Balaban J connectivity index is 1.29. The van der Waals surface area contributed by atoms with Gasteiger partial charge in [-0.05, 0) is 75.2 Å². The molecule has 1 amide bonds. The number of anilines is 2. The molecule has 1 aromatic heterocycles. The summed E-state index contributed by atoms with van der Waals surface area (Å²) in [4.78, 5) is 23.7. The van der Waals surface area contributed by atoms with E-state index in [1.807, 2.05) is 59.5 Å². The van der Waals surface area contributed by atoms with Crippen molar-refractivity contribution in [3.8, 4) is 11.5 Å². The van der Waals surface area contributed by atoms with Crippen LogP contribution >= 0.6 is 0 Å². The number of aromatic nitrogens is 2. The van der Waals surface area contributed by atoms with E-state index in [2.05, 4.69) is 20.6 Å². The van der Waals surface area contributed by atoms with E-state index in [0.717, 1.165) is 51.1 Å². The number of carbonyl (C=O) groups excluding carboxylic acids is 1. The van der Waals surface area contributed by atoms with Gasteiger partial charge in [0.15, 0.2) is 0 Å². The van der Waals surface area contributed by atoms with Crippen LogP contribution in [0.3, 0.4) is 0 Å². The Labute approximate surface area is 217 Å². The maximum Gasteiger partial charge on any atom is 0.225 e. The summed E-state index contributed by atoms with van der Waals surface area (Å²) in [5.74, 6) is 2.54. The van der Waals surface area contributed by atoms with Gasteiger partial charge in [-0.15, -0.1) is 0 Å². The minimum Gasteiger partial charge on any atom is -0.457 e.